The van der Waals surface area contributed by atoms with E-state index in [1.165, 1.54) is 5.56 Å². The molecule has 1 aliphatic rings. The molecule has 3 heterocycles. The number of aryl methyl sites for hydroxylation is 2. The van der Waals surface area contributed by atoms with Crippen molar-refractivity contribution in [3.63, 3.8) is 0 Å². The van der Waals surface area contributed by atoms with Crippen LogP contribution in [0.4, 0.5) is 5.82 Å². The predicted octanol–water partition coefficient (Wildman–Crippen LogP) is 2.65. The molecule has 1 aromatic carbocycles. The van der Waals surface area contributed by atoms with Crippen molar-refractivity contribution < 1.29 is 9.63 Å². The zero-order valence-corrected chi connectivity index (χ0v) is 15.3. The predicted molar refractivity (Wildman–Crippen MR) is 101 cm³/mol. The fourth-order valence-electron chi connectivity index (χ4n) is 3.61. The number of rotatable bonds is 4. The maximum absolute atomic E-state index is 9.80. The lowest BCUT2D eigenvalue weighted by molar-refractivity contribution is 0.246. The molecule has 1 fully saturated rings. The number of hydrogen-bond acceptors (Lipinski definition) is 6. The number of aliphatic hydroxyl groups excluding tert-OH is 1. The van der Waals surface area contributed by atoms with Crippen molar-refractivity contribution in [2.75, 3.05) is 31.1 Å². The van der Waals surface area contributed by atoms with Gasteiger partial charge in [0, 0.05) is 49.2 Å². The molecule has 0 radical (unpaired) electrons. The SMILES string of the molecule is Cc1noc(C)c1CN1CCN(c2nc3ccccc3cc2CO)CC1. The number of nitrogens with zero attached hydrogens (tertiary/aromatic N) is 4. The first-order valence-electron chi connectivity index (χ1n) is 9.04. The van der Waals surface area contributed by atoms with E-state index in [9.17, 15) is 5.11 Å². The standard InChI is InChI=1S/C20H24N4O2/c1-14-18(15(2)26-22-14)12-23-7-9-24(10-8-23)20-17(13-25)11-16-5-3-4-6-19(16)21-20/h3-6,11,25H,7-10,12-13H2,1-2H3. The molecule has 0 spiro atoms. The fraction of sp³-hybridized carbons (Fsp3) is 0.400. The van der Waals surface area contributed by atoms with Crippen molar-refractivity contribution in [3.05, 3.63) is 52.9 Å². The van der Waals surface area contributed by atoms with Crippen LogP contribution < -0.4 is 4.90 Å². The van der Waals surface area contributed by atoms with Gasteiger partial charge in [0.15, 0.2) is 0 Å². The van der Waals surface area contributed by atoms with Gasteiger partial charge in [-0.05, 0) is 26.0 Å². The van der Waals surface area contributed by atoms with E-state index in [1.54, 1.807) is 0 Å². The van der Waals surface area contributed by atoms with E-state index >= 15 is 0 Å². The largest absolute Gasteiger partial charge is 0.392 e. The number of piperazine rings is 1. The molecule has 0 atom stereocenters. The van der Waals surface area contributed by atoms with Crippen molar-refractivity contribution in [2.24, 2.45) is 0 Å². The van der Waals surface area contributed by atoms with Crippen LogP contribution >= 0.6 is 0 Å². The van der Waals surface area contributed by atoms with Crippen LogP contribution in [0.25, 0.3) is 10.9 Å². The average molecular weight is 352 g/mol. The second kappa shape index (κ2) is 7.05. The van der Waals surface area contributed by atoms with Crippen molar-refractivity contribution in [2.45, 2.75) is 27.0 Å². The minimum atomic E-state index is 0.00641. The third kappa shape index (κ3) is 3.18. The molecular weight excluding hydrogens is 328 g/mol. The summed E-state index contributed by atoms with van der Waals surface area (Å²) in [5.74, 6) is 1.81. The molecule has 1 N–H and O–H groups in total. The highest BCUT2D eigenvalue weighted by Crippen LogP contribution is 2.25. The van der Waals surface area contributed by atoms with E-state index in [2.05, 4.69) is 15.0 Å². The Kier molecular flexibility index (Phi) is 4.61. The summed E-state index contributed by atoms with van der Waals surface area (Å²) in [6.45, 7) is 8.52. The lowest BCUT2D eigenvalue weighted by atomic mass is 10.1. The monoisotopic (exact) mass is 352 g/mol. The number of fused-ring (bicyclic) bond motifs is 1. The summed E-state index contributed by atoms with van der Waals surface area (Å²) in [5.41, 5.74) is 4.03. The molecule has 3 aromatic rings. The quantitative estimate of drug-likeness (QED) is 0.779. The van der Waals surface area contributed by atoms with Crippen molar-refractivity contribution >= 4 is 16.7 Å². The van der Waals surface area contributed by atoms with Crippen LogP contribution in [0.5, 0.6) is 0 Å². The van der Waals surface area contributed by atoms with Crippen LogP contribution in [0.1, 0.15) is 22.6 Å². The first-order valence-corrected chi connectivity index (χ1v) is 9.04. The topological polar surface area (TPSA) is 65.6 Å². The number of anilines is 1. The molecule has 2 aromatic heterocycles. The van der Waals surface area contributed by atoms with Gasteiger partial charge in [-0.15, -0.1) is 0 Å². The molecule has 6 heteroatoms. The van der Waals surface area contributed by atoms with Crippen LogP contribution in [0.2, 0.25) is 0 Å². The molecule has 1 saturated heterocycles. The van der Waals surface area contributed by atoms with Gasteiger partial charge in [0.05, 0.1) is 17.8 Å². The van der Waals surface area contributed by atoms with E-state index in [-0.39, 0.29) is 6.61 Å². The molecule has 0 bridgehead atoms. The molecule has 0 unspecified atom stereocenters. The van der Waals surface area contributed by atoms with Gasteiger partial charge in [-0.25, -0.2) is 4.98 Å². The summed E-state index contributed by atoms with van der Waals surface area (Å²) in [5, 5.41) is 14.9. The molecule has 4 rings (SSSR count). The van der Waals surface area contributed by atoms with E-state index in [0.29, 0.717) is 0 Å². The number of pyridine rings is 1. The lowest BCUT2D eigenvalue weighted by Gasteiger charge is -2.36. The Labute approximate surface area is 153 Å². The van der Waals surface area contributed by atoms with E-state index in [0.717, 1.165) is 66.5 Å². The number of aromatic nitrogens is 2. The van der Waals surface area contributed by atoms with Gasteiger partial charge in [0.1, 0.15) is 11.6 Å². The molecule has 0 saturated carbocycles. The second-order valence-corrected chi connectivity index (χ2v) is 6.89. The number of benzene rings is 1. The summed E-state index contributed by atoms with van der Waals surface area (Å²) in [6, 6.07) is 10.1. The maximum atomic E-state index is 9.80. The average Bonchev–Trinajstić information content (AvgIpc) is 2.99. The van der Waals surface area contributed by atoms with Gasteiger partial charge < -0.3 is 14.5 Å². The Hall–Kier alpha value is -2.44. The van der Waals surface area contributed by atoms with Crippen molar-refractivity contribution in [1.29, 1.82) is 0 Å². The molecule has 26 heavy (non-hydrogen) atoms. The van der Waals surface area contributed by atoms with E-state index in [1.807, 2.05) is 44.2 Å². The van der Waals surface area contributed by atoms with Crippen LogP contribution in [0, 0.1) is 13.8 Å². The number of hydrogen-bond donors (Lipinski definition) is 1. The summed E-state index contributed by atoms with van der Waals surface area (Å²) >= 11 is 0. The fourth-order valence-corrected chi connectivity index (χ4v) is 3.61. The maximum Gasteiger partial charge on any atom is 0.138 e. The summed E-state index contributed by atoms with van der Waals surface area (Å²) in [6.07, 6.45) is 0. The van der Waals surface area contributed by atoms with Gasteiger partial charge in [-0.2, -0.15) is 0 Å². The first-order chi connectivity index (χ1) is 12.7. The van der Waals surface area contributed by atoms with Crippen LogP contribution in [0.3, 0.4) is 0 Å². The minimum Gasteiger partial charge on any atom is -0.392 e. The third-order valence-electron chi connectivity index (χ3n) is 5.19. The summed E-state index contributed by atoms with van der Waals surface area (Å²) in [7, 11) is 0. The number of aliphatic hydroxyl groups is 1. The highest BCUT2D eigenvalue weighted by Gasteiger charge is 2.22. The Bertz CT molecular complexity index is 894. The highest BCUT2D eigenvalue weighted by atomic mass is 16.5. The lowest BCUT2D eigenvalue weighted by Crippen LogP contribution is -2.46. The Morgan fingerprint density at radius 1 is 1.12 bits per heavy atom. The van der Waals surface area contributed by atoms with E-state index in [4.69, 9.17) is 9.51 Å². The molecular formula is C20H24N4O2. The Morgan fingerprint density at radius 3 is 2.58 bits per heavy atom. The number of para-hydroxylation sites is 1. The van der Waals surface area contributed by atoms with Crippen molar-refractivity contribution in [3.8, 4) is 0 Å². The molecule has 6 nitrogen and oxygen atoms in total. The first kappa shape index (κ1) is 17.0. The molecule has 0 aliphatic carbocycles. The summed E-state index contributed by atoms with van der Waals surface area (Å²) < 4.78 is 5.27. The third-order valence-corrected chi connectivity index (χ3v) is 5.19. The van der Waals surface area contributed by atoms with Gasteiger partial charge in [0.2, 0.25) is 0 Å². The van der Waals surface area contributed by atoms with Gasteiger partial charge in [-0.1, -0.05) is 23.4 Å². The normalized spacial score (nSPS) is 15.7. The van der Waals surface area contributed by atoms with Crippen LogP contribution in [0.15, 0.2) is 34.9 Å². The van der Waals surface area contributed by atoms with Crippen molar-refractivity contribution in [1.82, 2.24) is 15.0 Å². The second-order valence-electron chi connectivity index (χ2n) is 6.89. The Balaban J connectivity index is 1.50. The summed E-state index contributed by atoms with van der Waals surface area (Å²) in [4.78, 5) is 9.52. The van der Waals surface area contributed by atoms with Gasteiger partial charge in [-0.3, -0.25) is 4.90 Å². The van der Waals surface area contributed by atoms with Crippen LogP contribution in [-0.2, 0) is 13.2 Å². The molecule has 0 amide bonds. The zero-order valence-electron chi connectivity index (χ0n) is 15.3. The highest BCUT2D eigenvalue weighted by molar-refractivity contribution is 5.81. The van der Waals surface area contributed by atoms with E-state index < -0.39 is 0 Å². The molecule has 136 valence electrons. The zero-order chi connectivity index (χ0) is 18.1. The van der Waals surface area contributed by atoms with Crippen LogP contribution in [-0.4, -0.2) is 46.3 Å². The Morgan fingerprint density at radius 2 is 1.88 bits per heavy atom. The molecule has 1 aliphatic heterocycles. The van der Waals surface area contributed by atoms with Gasteiger partial charge in [0.25, 0.3) is 0 Å². The smallest absolute Gasteiger partial charge is 0.138 e. The van der Waals surface area contributed by atoms with Gasteiger partial charge >= 0.3 is 0 Å². The minimum absolute atomic E-state index is 0.00641.